The summed E-state index contributed by atoms with van der Waals surface area (Å²) in [5.41, 5.74) is 8.16. The molecular weight excluding hydrogens is 272 g/mol. The number of benzene rings is 2. The first-order valence-corrected chi connectivity index (χ1v) is 7.99. The Morgan fingerprint density at radius 1 is 0.909 bits per heavy atom. The maximum absolute atomic E-state index is 12.1. The monoisotopic (exact) mass is 294 g/mol. The predicted molar refractivity (Wildman–Crippen MR) is 88.5 cm³/mol. The van der Waals surface area contributed by atoms with Gasteiger partial charge in [-0.1, -0.05) is 55.0 Å². The van der Waals surface area contributed by atoms with Crippen molar-refractivity contribution in [3.05, 3.63) is 71.8 Å². The molecule has 22 heavy (non-hydrogen) atoms. The summed E-state index contributed by atoms with van der Waals surface area (Å²) in [6, 6.07) is 20.3. The van der Waals surface area contributed by atoms with Crippen molar-refractivity contribution in [2.24, 2.45) is 0 Å². The Morgan fingerprint density at radius 2 is 1.59 bits per heavy atom. The van der Waals surface area contributed by atoms with Gasteiger partial charge in [-0.25, -0.2) is 5.43 Å². The molecule has 0 unspecified atom stereocenters. The lowest BCUT2D eigenvalue weighted by molar-refractivity contribution is 0.0918. The topological polar surface area (TPSA) is 41.1 Å². The Labute approximate surface area is 131 Å². The molecule has 3 rings (SSSR count). The lowest BCUT2D eigenvalue weighted by atomic mass is 9.81. The van der Waals surface area contributed by atoms with E-state index in [1.807, 2.05) is 30.3 Å². The Bertz CT molecular complexity index is 597. The molecule has 1 saturated carbocycles. The highest BCUT2D eigenvalue weighted by molar-refractivity contribution is 5.93. The third-order valence-electron chi connectivity index (χ3n) is 4.37. The van der Waals surface area contributed by atoms with Gasteiger partial charge in [0, 0.05) is 11.6 Å². The SMILES string of the molecule is O=C(NN[C@@H]1CCC[C@@H](c2ccccc2)C1)c1ccccc1. The largest absolute Gasteiger partial charge is 0.287 e. The summed E-state index contributed by atoms with van der Waals surface area (Å²) < 4.78 is 0. The number of rotatable bonds is 4. The van der Waals surface area contributed by atoms with Crippen molar-refractivity contribution >= 4 is 5.91 Å². The molecule has 0 spiro atoms. The molecule has 1 amide bonds. The van der Waals surface area contributed by atoms with Crippen molar-refractivity contribution in [1.82, 2.24) is 10.9 Å². The molecular formula is C19H22N2O. The summed E-state index contributed by atoms with van der Waals surface area (Å²) in [6.07, 6.45) is 4.60. The normalized spacial score (nSPS) is 21.3. The second-order valence-corrected chi connectivity index (χ2v) is 5.94. The summed E-state index contributed by atoms with van der Waals surface area (Å²) in [6.45, 7) is 0. The number of hydrazine groups is 1. The molecule has 2 N–H and O–H groups in total. The van der Waals surface area contributed by atoms with E-state index in [1.54, 1.807) is 0 Å². The number of hydrogen-bond donors (Lipinski definition) is 2. The van der Waals surface area contributed by atoms with Gasteiger partial charge in [0.05, 0.1) is 0 Å². The summed E-state index contributed by atoms with van der Waals surface area (Å²) in [5, 5.41) is 0. The Hall–Kier alpha value is -2.13. The van der Waals surface area contributed by atoms with Gasteiger partial charge in [0.15, 0.2) is 0 Å². The van der Waals surface area contributed by atoms with Crippen LogP contribution in [-0.4, -0.2) is 11.9 Å². The fourth-order valence-electron chi connectivity index (χ4n) is 3.18. The fourth-order valence-corrected chi connectivity index (χ4v) is 3.18. The molecule has 2 atom stereocenters. The van der Waals surface area contributed by atoms with E-state index >= 15 is 0 Å². The fraction of sp³-hybridized carbons (Fsp3) is 0.316. The van der Waals surface area contributed by atoms with Crippen molar-refractivity contribution in [2.45, 2.75) is 37.6 Å². The van der Waals surface area contributed by atoms with Crippen LogP contribution in [0.3, 0.4) is 0 Å². The molecule has 0 aliphatic heterocycles. The number of nitrogens with one attached hydrogen (secondary N) is 2. The third kappa shape index (κ3) is 3.74. The Morgan fingerprint density at radius 3 is 2.32 bits per heavy atom. The molecule has 0 aromatic heterocycles. The van der Waals surface area contributed by atoms with E-state index in [2.05, 4.69) is 41.2 Å². The average Bonchev–Trinajstić information content (AvgIpc) is 2.61. The van der Waals surface area contributed by atoms with E-state index in [1.165, 1.54) is 18.4 Å². The smallest absolute Gasteiger partial charge is 0.265 e. The van der Waals surface area contributed by atoms with Crippen LogP contribution >= 0.6 is 0 Å². The average molecular weight is 294 g/mol. The lowest BCUT2D eigenvalue weighted by Gasteiger charge is -2.30. The van der Waals surface area contributed by atoms with Crippen molar-refractivity contribution in [2.75, 3.05) is 0 Å². The summed E-state index contributed by atoms with van der Waals surface area (Å²) in [5.74, 6) is 0.517. The highest BCUT2D eigenvalue weighted by Gasteiger charge is 2.23. The van der Waals surface area contributed by atoms with E-state index in [-0.39, 0.29) is 5.91 Å². The van der Waals surface area contributed by atoms with Crippen LogP contribution in [0, 0.1) is 0 Å². The van der Waals surface area contributed by atoms with Crippen molar-refractivity contribution < 1.29 is 4.79 Å². The van der Waals surface area contributed by atoms with E-state index < -0.39 is 0 Å². The van der Waals surface area contributed by atoms with Gasteiger partial charge in [0.25, 0.3) is 5.91 Å². The summed E-state index contributed by atoms with van der Waals surface area (Å²) in [4.78, 5) is 12.1. The van der Waals surface area contributed by atoms with Crippen LogP contribution in [0.5, 0.6) is 0 Å². The van der Waals surface area contributed by atoms with Gasteiger partial charge in [-0.3, -0.25) is 10.2 Å². The van der Waals surface area contributed by atoms with E-state index in [4.69, 9.17) is 0 Å². The van der Waals surface area contributed by atoms with Crippen LogP contribution in [0.2, 0.25) is 0 Å². The number of carbonyl (C=O) groups is 1. The second-order valence-electron chi connectivity index (χ2n) is 5.94. The highest BCUT2D eigenvalue weighted by atomic mass is 16.2. The zero-order chi connectivity index (χ0) is 15.2. The first kappa shape index (κ1) is 14.8. The molecule has 2 aromatic carbocycles. The van der Waals surface area contributed by atoms with Crippen LogP contribution in [0.1, 0.15) is 47.5 Å². The number of hydrogen-bond acceptors (Lipinski definition) is 2. The predicted octanol–water partition coefficient (Wildman–Crippen LogP) is 3.65. The van der Waals surface area contributed by atoms with Crippen LogP contribution in [0.4, 0.5) is 0 Å². The molecule has 3 heteroatoms. The molecule has 2 aromatic rings. The summed E-state index contributed by atoms with van der Waals surface area (Å²) >= 11 is 0. The van der Waals surface area contributed by atoms with Gasteiger partial charge in [0.1, 0.15) is 0 Å². The standard InChI is InChI=1S/C19H22N2O/c22-19(16-10-5-2-6-11-16)21-20-18-13-7-12-17(14-18)15-8-3-1-4-9-15/h1-6,8-11,17-18,20H,7,12-14H2,(H,21,22)/t17-,18-/m1/s1. The highest BCUT2D eigenvalue weighted by Crippen LogP contribution is 2.32. The van der Waals surface area contributed by atoms with Crippen LogP contribution < -0.4 is 10.9 Å². The second kappa shape index (κ2) is 7.23. The minimum atomic E-state index is -0.0672. The van der Waals surface area contributed by atoms with Gasteiger partial charge in [-0.05, 0) is 42.9 Å². The minimum absolute atomic E-state index is 0.0672. The van der Waals surface area contributed by atoms with Crippen LogP contribution in [0.15, 0.2) is 60.7 Å². The molecule has 3 nitrogen and oxygen atoms in total. The van der Waals surface area contributed by atoms with Gasteiger partial charge >= 0.3 is 0 Å². The minimum Gasteiger partial charge on any atom is -0.287 e. The first-order chi connectivity index (χ1) is 10.8. The van der Waals surface area contributed by atoms with Gasteiger partial charge < -0.3 is 0 Å². The lowest BCUT2D eigenvalue weighted by Crippen LogP contribution is -2.46. The van der Waals surface area contributed by atoms with E-state index in [0.29, 0.717) is 17.5 Å². The van der Waals surface area contributed by atoms with Crippen LogP contribution in [0.25, 0.3) is 0 Å². The molecule has 1 aliphatic carbocycles. The van der Waals surface area contributed by atoms with Crippen molar-refractivity contribution in [1.29, 1.82) is 0 Å². The zero-order valence-electron chi connectivity index (χ0n) is 12.7. The van der Waals surface area contributed by atoms with Crippen molar-refractivity contribution in [3.63, 3.8) is 0 Å². The maximum Gasteiger partial charge on any atom is 0.265 e. The number of carbonyl (C=O) groups excluding carboxylic acids is 1. The number of amides is 1. The summed E-state index contributed by atoms with van der Waals surface area (Å²) in [7, 11) is 0. The van der Waals surface area contributed by atoms with Crippen molar-refractivity contribution in [3.8, 4) is 0 Å². The zero-order valence-corrected chi connectivity index (χ0v) is 12.7. The third-order valence-corrected chi connectivity index (χ3v) is 4.37. The molecule has 0 heterocycles. The van der Waals surface area contributed by atoms with Crippen LogP contribution in [-0.2, 0) is 0 Å². The van der Waals surface area contributed by atoms with Gasteiger partial charge in [0.2, 0.25) is 0 Å². The van der Waals surface area contributed by atoms with E-state index in [0.717, 1.165) is 12.8 Å². The van der Waals surface area contributed by atoms with Gasteiger partial charge in [-0.2, -0.15) is 0 Å². The van der Waals surface area contributed by atoms with E-state index in [9.17, 15) is 4.79 Å². The quantitative estimate of drug-likeness (QED) is 0.845. The first-order valence-electron chi connectivity index (χ1n) is 7.99. The molecule has 0 radical (unpaired) electrons. The maximum atomic E-state index is 12.1. The molecule has 114 valence electrons. The van der Waals surface area contributed by atoms with Gasteiger partial charge in [-0.15, -0.1) is 0 Å². The molecule has 0 saturated heterocycles. The Kier molecular flexibility index (Phi) is 4.86. The molecule has 1 fully saturated rings. The molecule has 1 aliphatic rings. The Balaban J connectivity index is 1.54. The molecule has 0 bridgehead atoms.